The van der Waals surface area contributed by atoms with Crippen LogP contribution in [0.3, 0.4) is 0 Å². The molecular weight excluding hydrogens is 278 g/mol. The number of carbonyl (C=O) groups excluding carboxylic acids is 1. The monoisotopic (exact) mass is 293 g/mol. The predicted molar refractivity (Wildman–Crippen MR) is 74.8 cm³/mol. The number of nitrogens with zero attached hydrogens (tertiary/aromatic N) is 1. The van der Waals surface area contributed by atoms with Crippen molar-refractivity contribution in [1.82, 2.24) is 4.90 Å². The van der Waals surface area contributed by atoms with Crippen molar-refractivity contribution in [1.29, 1.82) is 0 Å². The van der Waals surface area contributed by atoms with E-state index in [1.54, 1.807) is 4.90 Å². The zero-order valence-electron chi connectivity index (χ0n) is 11.0. The molecule has 1 saturated heterocycles. The number of aliphatic carboxylic acids is 1. The smallest absolute Gasteiger partial charge is 0.308 e. The van der Waals surface area contributed by atoms with Gasteiger partial charge >= 0.3 is 5.97 Å². The molecule has 0 aromatic heterocycles. The van der Waals surface area contributed by atoms with Crippen molar-refractivity contribution in [3.05, 3.63) is 34.3 Å². The van der Waals surface area contributed by atoms with Crippen molar-refractivity contribution < 1.29 is 14.7 Å². The number of rotatable bonds is 2. The number of amides is 1. The second-order valence-electron chi connectivity index (χ2n) is 5.53. The zero-order valence-corrected chi connectivity index (χ0v) is 11.8. The lowest BCUT2D eigenvalue weighted by Gasteiger charge is -2.37. The van der Waals surface area contributed by atoms with Crippen molar-refractivity contribution in [3.8, 4) is 0 Å². The summed E-state index contributed by atoms with van der Waals surface area (Å²) in [5, 5.41) is 9.80. The van der Waals surface area contributed by atoms with Gasteiger partial charge in [0.2, 0.25) is 5.91 Å². The van der Waals surface area contributed by atoms with Gasteiger partial charge in [-0.1, -0.05) is 23.7 Å². The van der Waals surface area contributed by atoms with E-state index in [4.69, 9.17) is 16.7 Å². The average Bonchev–Trinajstić information content (AvgIpc) is 2.41. The van der Waals surface area contributed by atoms with Crippen LogP contribution in [0.5, 0.6) is 0 Å². The third-order valence-corrected chi connectivity index (χ3v) is 4.67. The molecular formula is C15H16ClNO3. The summed E-state index contributed by atoms with van der Waals surface area (Å²) in [5.41, 5.74) is 2.05. The number of hydrogen-bond acceptors (Lipinski definition) is 2. The lowest BCUT2D eigenvalue weighted by atomic mass is 9.76. The third kappa shape index (κ3) is 2.18. The lowest BCUT2D eigenvalue weighted by molar-refractivity contribution is -0.146. The molecule has 1 aliphatic carbocycles. The number of hydrogen-bond donors (Lipinski definition) is 1. The summed E-state index contributed by atoms with van der Waals surface area (Å²) in [6.07, 6.45) is 2.09. The van der Waals surface area contributed by atoms with Crippen molar-refractivity contribution in [2.75, 3.05) is 13.1 Å². The normalized spacial score (nSPS) is 24.8. The molecule has 2 unspecified atom stereocenters. The third-order valence-electron chi connectivity index (χ3n) is 4.32. The van der Waals surface area contributed by atoms with Gasteiger partial charge in [0.05, 0.1) is 11.8 Å². The highest BCUT2D eigenvalue weighted by atomic mass is 35.5. The van der Waals surface area contributed by atoms with Crippen LogP contribution in [0.25, 0.3) is 0 Å². The molecule has 1 aliphatic heterocycles. The zero-order chi connectivity index (χ0) is 14.3. The summed E-state index contributed by atoms with van der Waals surface area (Å²) in [5.74, 6) is -1.33. The fourth-order valence-electron chi connectivity index (χ4n) is 3.12. The van der Waals surface area contributed by atoms with E-state index >= 15 is 0 Å². The molecule has 0 saturated carbocycles. The Morgan fingerprint density at radius 1 is 1.35 bits per heavy atom. The highest BCUT2D eigenvalue weighted by Crippen LogP contribution is 2.40. The number of carbonyl (C=O) groups is 2. The number of likely N-dealkylation sites (tertiary alicyclic amines) is 1. The Balaban J connectivity index is 1.73. The van der Waals surface area contributed by atoms with Crippen LogP contribution >= 0.6 is 11.6 Å². The van der Waals surface area contributed by atoms with Gasteiger partial charge in [0.1, 0.15) is 0 Å². The van der Waals surface area contributed by atoms with Crippen LogP contribution in [0, 0.1) is 5.92 Å². The quantitative estimate of drug-likeness (QED) is 0.910. The molecule has 1 heterocycles. The fraction of sp³-hybridized carbons (Fsp3) is 0.467. The first kappa shape index (κ1) is 13.4. The standard InChI is InChI=1S/C15H16ClNO3/c16-13-5-1-4-10-11(13)7-12(10)14(18)17-6-2-3-9(8-17)15(19)20/h1,4-5,9,12H,2-3,6-8H2,(H,19,20). The van der Waals surface area contributed by atoms with E-state index in [2.05, 4.69) is 0 Å². The van der Waals surface area contributed by atoms with Crippen molar-refractivity contribution in [2.24, 2.45) is 5.92 Å². The van der Waals surface area contributed by atoms with Gasteiger partial charge in [0.15, 0.2) is 0 Å². The number of carboxylic acid groups (broad SMARTS) is 1. The van der Waals surface area contributed by atoms with Gasteiger partial charge in [-0.25, -0.2) is 0 Å². The molecule has 1 amide bonds. The Kier molecular flexibility index (Phi) is 3.42. The maximum atomic E-state index is 12.5. The molecule has 4 nitrogen and oxygen atoms in total. The molecule has 0 bridgehead atoms. The number of benzene rings is 1. The molecule has 3 rings (SSSR count). The van der Waals surface area contributed by atoms with Crippen LogP contribution in [0.1, 0.15) is 29.9 Å². The van der Waals surface area contributed by atoms with Gasteiger partial charge in [-0.3, -0.25) is 9.59 Å². The first-order valence-electron chi connectivity index (χ1n) is 6.87. The first-order valence-corrected chi connectivity index (χ1v) is 7.24. The van der Waals surface area contributed by atoms with Gasteiger partial charge in [-0.15, -0.1) is 0 Å². The molecule has 0 spiro atoms. The van der Waals surface area contributed by atoms with E-state index in [1.165, 1.54) is 0 Å². The molecule has 2 atom stereocenters. The Hall–Kier alpha value is -1.55. The Morgan fingerprint density at radius 2 is 2.15 bits per heavy atom. The minimum Gasteiger partial charge on any atom is -0.481 e. The topological polar surface area (TPSA) is 57.6 Å². The maximum Gasteiger partial charge on any atom is 0.308 e. The predicted octanol–water partition coefficient (Wildman–Crippen LogP) is 2.30. The first-order chi connectivity index (χ1) is 9.58. The van der Waals surface area contributed by atoms with Crippen LogP contribution in [0.15, 0.2) is 18.2 Å². The lowest BCUT2D eigenvalue weighted by Crippen LogP contribution is -2.46. The number of carboxylic acids is 1. The number of piperidine rings is 1. The van der Waals surface area contributed by atoms with Gasteiger partial charge in [0, 0.05) is 18.1 Å². The summed E-state index contributed by atoms with van der Waals surface area (Å²) in [7, 11) is 0. The largest absolute Gasteiger partial charge is 0.481 e. The molecule has 1 N–H and O–H groups in total. The van der Waals surface area contributed by atoms with Crippen LogP contribution in [0.4, 0.5) is 0 Å². The molecule has 106 valence electrons. The highest BCUT2D eigenvalue weighted by molar-refractivity contribution is 6.31. The van der Waals surface area contributed by atoms with E-state index < -0.39 is 11.9 Å². The van der Waals surface area contributed by atoms with Gasteiger partial charge in [0.25, 0.3) is 0 Å². The van der Waals surface area contributed by atoms with E-state index in [-0.39, 0.29) is 11.8 Å². The molecule has 0 radical (unpaired) electrons. The number of fused-ring (bicyclic) bond motifs is 1. The van der Waals surface area contributed by atoms with Crippen molar-refractivity contribution >= 4 is 23.5 Å². The second kappa shape index (κ2) is 5.09. The maximum absolute atomic E-state index is 12.5. The fourth-order valence-corrected chi connectivity index (χ4v) is 3.38. The van der Waals surface area contributed by atoms with Gasteiger partial charge < -0.3 is 10.0 Å². The Labute approximate surface area is 122 Å². The van der Waals surface area contributed by atoms with E-state index in [0.717, 1.165) is 17.5 Å². The van der Waals surface area contributed by atoms with E-state index in [9.17, 15) is 9.59 Å². The Bertz CT molecular complexity index is 572. The summed E-state index contributed by atoms with van der Waals surface area (Å²) >= 11 is 6.08. The van der Waals surface area contributed by atoms with Gasteiger partial charge in [-0.05, 0) is 36.5 Å². The van der Waals surface area contributed by atoms with Crippen molar-refractivity contribution in [2.45, 2.75) is 25.2 Å². The minimum atomic E-state index is -0.806. The van der Waals surface area contributed by atoms with Crippen LogP contribution < -0.4 is 0 Å². The minimum absolute atomic E-state index is 0.0470. The summed E-state index contributed by atoms with van der Waals surface area (Å²) in [6, 6.07) is 5.63. The Morgan fingerprint density at radius 3 is 2.90 bits per heavy atom. The summed E-state index contributed by atoms with van der Waals surface area (Å²) < 4.78 is 0. The average molecular weight is 294 g/mol. The molecule has 1 aromatic carbocycles. The van der Waals surface area contributed by atoms with Crippen LogP contribution in [-0.4, -0.2) is 35.0 Å². The van der Waals surface area contributed by atoms with E-state index in [0.29, 0.717) is 31.0 Å². The molecule has 5 heteroatoms. The van der Waals surface area contributed by atoms with Crippen molar-refractivity contribution in [3.63, 3.8) is 0 Å². The molecule has 1 aromatic rings. The van der Waals surface area contributed by atoms with Gasteiger partial charge in [-0.2, -0.15) is 0 Å². The molecule has 2 aliphatic rings. The summed E-state index contributed by atoms with van der Waals surface area (Å²) in [6.45, 7) is 0.996. The van der Waals surface area contributed by atoms with Crippen LogP contribution in [-0.2, 0) is 16.0 Å². The van der Waals surface area contributed by atoms with Crippen LogP contribution in [0.2, 0.25) is 5.02 Å². The molecule has 20 heavy (non-hydrogen) atoms. The summed E-state index contributed by atoms with van der Waals surface area (Å²) in [4.78, 5) is 25.3. The second-order valence-corrected chi connectivity index (χ2v) is 5.93. The molecule has 1 fully saturated rings. The van der Waals surface area contributed by atoms with E-state index in [1.807, 2.05) is 18.2 Å². The SMILES string of the molecule is O=C(O)C1CCCN(C(=O)C2Cc3c(Cl)cccc32)C1. The number of halogens is 1. The highest BCUT2D eigenvalue weighted by Gasteiger charge is 2.38.